The lowest BCUT2D eigenvalue weighted by molar-refractivity contribution is 0.0525. The van der Waals surface area contributed by atoms with Gasteiger partial charge in [0.2, 0.25) is 0 Å². The lowest BCUT2D eigenvalue weighted by Gasteiger charge is -2.02. The normalized spacial score (nSPS) is 11.4. The molecule has 0 unspecified atom stereocenters. The highest BCUT2D eigenvalue weighted by atomic mass is 16.5. The van der Waals surface area contributed by atoms with Crippen LogP contribution >= 0.6 is 0 Å². The number of aryl methyl sites for hydroxylation is 1. The van der Waals surface area contributed by atoms with E-state index in [1.165, 1.54) is 6.21 Å². The molecule has 2 aromatic heterocycles. The number of benzene rings is 1. The van der Waals surface area contributed by atoms with E-state index in [1.54, 1.807) is 30.9 Å². The number of H-pyrrole nitrogens is 1. The Balaban J connectivity index is 2.05. The summed E-state index contributed by atoms with van der Waals surface area (Å²) in [5.41, 5.74) is 3.52. The van der Waals surface area contributed by atoms with Crippen molar-refractivity contribution in [3.8, 4) is 5.69 Å². The maximum Gasteiger partial charge on any atom is 0.341 e. The second-order valence-electron chi connectivity index (χ2n) is 5.01. The van der Waals surface area contributed by atoms with Crippen LogP contribution in [-0.4, -0.2) is 38.8 Å². The van der Waals surface area contributed by atoms with E-state index in [1.807, 2.05) is 18.2 Å². The molecular weight excluding hydrogens is 296 g/mol. The molecule has 0 saturated carbocycles. The molecule has 0 radical (unpaired) electrons. The molecule has 0 aliphatic carbocycles. The predicted molar refractivity (Wildman–Crippen MR) is 85.5 cm³/mol. The standard InChI is InChI=1S/C16H16N4O3/c1-3-23-16(21)14-9-20(19-10(14)2)12-4-5-15-13(6-12)11(7-17-15)8-18-22/h4-9,17,22H,3H2,1-2H3/b18-8-. The molecule has 0 aliphatic heterocycles. The van der Waals surface area contributed by atoms with Crippen molar-refractivity contribution in [1.82, 2.24) is 14.8 Å². The molecule has 0 spiro atoms. The summed E-state index contributed by atoms with van der Waals surface area (Å²) in [5.74, 6) is -0.382. The third kappa shape index (κ3) is 2.68. The zero-order valence-electron chi connectivity index (χ0n) is 12.8. The molecule has 1 aromatic carbocycles. The van der Waals surface area contributed by atoms with Gasteiger partial charge >= 0.3 is 5.97 Å². The van der Waals surface area contributed by atoms with E-state index in [0.29, 0.717) is 17.9 Å². The van der Waals surface area contributed by atoms with E-state index < -0.39 is 0 Å². The monoisotopic (exact) mass is 312 g/mol. The minimum Gasteiger partial charge on any atom is -0.462 e. The van der Waals surface area contributed by atoms with Crippen molar-refractivity contribution in [1.29, 1.82) is 0 Å². The first kappa shape index (κ1) is 14.8. The number of nitrogens with zero attached hydrogens (tertiary/aromatic N) is 3. The number of hydrogen-bond acceptors (Lipinski definition) is 5. The highest BCUT2D eigenvalue weighted by Crippen LogP contribution is 2.21. The van der Waals surface area contributed by atoms with Gasteiger partial charge < -0.3 is 14.9 Å². The second-order valence-corrected chi connectivity index (χ2v) is 5.01. The van der Waals surface area contributed by atoms with Crippen LogP contribution in [-0.2, 0) is 4.74 Å². The maximum absolute atomic E-state index is 11.9. The molecule has 118 valence electrons. The van der Waals surface area contributed by atoms with Crippen LogP contribution in [0.3, 0.4) is 0 Å². The zero-order valence-corrected chi connectivity index (χ0v) is 12.8. The first-order valence-corrected chi connectivity index (χ1v) is 7.16. The first-order valence-electron chi connectivity index (χ1n) is 7.16. The van der Waals surface area contributed by atoms with Crippen LogP contribution in [0, 0.1) is 6.92 Å². The molecule has 3 aromatic rings. The summed E-state index contributed by atoms with van der Waals surface area (Å²) in [6.07, 6.45) is 4.77. The minimum absolute atomic E-state index is 0.322. The van der Waals surface area contributed by atoms with Gasteiger partial charge in [-0.2, -0.15) is 5.10 Å². The second kappa shape index (κ2) is 5.96. The Hall–Kier alpha value is -3.09. The van der Waals surface area contributed by atoms with Crippen LogP contribution in [0.2, 0.25) is 0 Å². The number of aromatic nitrogens is 3. The van der Waals surface area contributed by atoms with Gasteiger partial charge in [0, 0.05) is 28.9 Å². The maximum atomic E-state index is 11.9. The number of rotatable bonds is 4. The molecule has 23 heavy (non-hydrogen) atoms. The van der Waals surface area contributed by atoms with Gasteiger partial charge in [-0.3, -0.25) is 0 Å². The van der Waals surface area contributed by atoms with Crippen molar-refractivity contribution in [3.63, 3.8) is 0 Å². The molecule has 7 nitrogen and oxygen atoms in total. The number of nitrogens with one attached hydrogen (secondary N) is 1. The average molecular weight is 312 g/mol. The van der Waals surface area contributed by atoms with Crippen LogP contribution in [0.25, 0.3) is 16.6 Å². The molecule has 2 heterocycles. The fourth-order valence-electron chi connectivity index (χ4n) is 2.44. The smallest absolute Gasteiger partial charge is 0.341 e. The Morgan fingerprint density at radius 2 is 2.35 bits per heavy atom. The summed E-state index contributed by atoms with van der Waals surface area (Å²) >= 11 is 0. The average Bonchev–Trinajstić information content (AvgIpc) is 3.11. The minimum atomic E-state index is -0.382. The van der Waals surface area contributed by atoms with E-state index >= 15 is 0 Å². The van der Waals surface area contributed by atoms with Crippen molar-refractivity contribution >= 4 is 23.1 Å². The van der Waals surface area contributed by atoms with Crippen LogP contribution < -0.4 is 0 Å². The van der Waals surface area contributed by atoms with Gasteiger partial charge in [-0.25, -0.2) is 9.48 Å². The van der Waals surface area contributed by atoms with Gasteiger partial charge in [-0.05, 0) is 32.0 Å². The largest absolute Gasteiger partial charge is 0.462 e. The molecule has 0 amide bonds. The Morgan fingerprint density at radius 1 is 1.52 bits per heavy atom. The first-order chi connectivity index (χ1) is 11.1. The summed E-state index contributed by atoms with van der Waals surface area (Å²) in [6.45, 7) is 3.85. The third-order valence-electron chi connectivity index (χ3n) is 3.55. The SMILES string of the molecule is CCOC(=O)c1cn(-c2ccc3[nH]cc(/C=N\O)c3c2)nc1C. The molecule has 0 aliphatic rings. The lowest BCUT2D eigenvalue weighted by atomic mass is 10.1. The summed E-state index contributed by atoms with van der Waals surface area (Å²) < 4.78 is 6.66. The van der Waals surface area contributed by atoms with Crippen LogP contribution in [0.4, 0.5) is 0 Å². The van der Waals surface area contributed by atoms with Crippen molar-refractivity contribution in [2.24, 2.45) is 5.16 Å². The van der Waals surface area contributed by atoms with Gasteiger partial charge in [0.1, 0.15) is 5.56 Å². The molecular formula is C16H16N4O3. The van der Waals surface area contributed by atoms with Crippen molar-refractivity contribution in [2.75, 3.05) is 6.61 Å². The Morgan fingerprint density at radius 3 is 3.09 bits per heavy atom. The third-order valence-corrected chi connectivity index (χ3v) is 3.55. The van der Waals surface area contributed by atoms with E-state index in [4.69, 9.17) is 9.94 Å². The van der Waals surface area contributed by atoms with Crippen LogP contribution in [0.15, 0.2) is 35.7 Å². The summed E-state index contributed by atoms with van der Waals surface area (Å²) in [4.78, 5) is 15.0. The molecule has 0 fully saturated rings. The summed E-state index contributed by atoms with van der Waals surface area (Å²) in [6, 6.07) is 5.70. The molecule has 0 saturated heterocycles. The number of fused-ring (bicyclic) bond motifs is 1. The Labute approximate surface area is 132 Å². The lowest BCUT2D eigenvalue weighted by Crippen LogP contribution is -2.04. The number of hydrogen-bond donors (Lipinski definition) is 2. The van der Waals surface area contributed by atoms with Gasteiger partial charge in [-0.15, -0.1) is 0 Å². The topological polar surface area (TPSA) is 92.5 Å². The molecule has 3 rings (SSSR count). The number of carbonyl (C=O) groups is 1. The summed E-state index contributed by atoms with van der Waals surface area (Å²) in [7, 11) is 0. The fraction of sp³-hybridized carbons (Fsp3) is 0.188. The number of aromatic amines is 1. The quantitative estimate of drug-likeness (QED) is 0.335. The van der Waals surface area contributed by atoms with Crippen LogP contribution in [0.1, 0.15) is 28.5 Å². The summed E-state index contributed by atoms with van der Waals surface area (Å²) in [5, 5.41) is 17.1. The van der Waals surface area contributed by atoms with Crippen molar-refractivity contribution < 1.29 is 14.7 Å². The van der Waals surface area contributed by atoms with Crippen LogP contribution in [0.5, 0.6) is 0 Å². The van der Waals surface area contributed by atoms with Crippen molar-refractivity contribution in [3.05, 3.63) is 47.4 Å². The number of carbonyl (C=O) groups excluding carboxylic acids is 1. The highest BCUT2D eigenvalue weighted by molar-refractivity contribution is 5.99. The van der Waals surface area contributed by atoms with Crippen molar-refractivity contribution in [2.45, 2.75) is 13.8 Å². The van der Waals surface area contributed by atoms with Gasteiger partial charge in [0.25, 0.3) is 0 Å². The van der Waals surface area contributed by atoms with E-state index in [2.05, 4.69) is 15.2 Å². The Kier molecular flexibility index (Phi) is 3.84. The number of esters is 1. The zero-order chi connectivity index (χ0) is 16.4. The predicted octanol–water partition coefficient (Wildman–Crippen LogP) is 2.65. The number of oxime groups is 1. The number of ether oxygens (including phenoxy) is 1. The van der Waals surface area contributed by atoms with Gasteiger partial charge in [-0.1, -0.05) is 5.16 Å². The fourth-order valence-corrected chi connectivity index (χ4v) is 2.44. The molecule has 7 heteroatoms. The van der Waals surface area contributed by atoms with E-state index in [0.717, 1.165) is 22.2 Å². The highest BCUT2D eigenvalue weighted by Gasteiger charge is 2.15. The molecule has 0 atom stereocenters. The molecule has 0 bridgehead atoms. The van der Waals surface area contributed by atoms with Gasteiger partial charge in [0.15, 0.2) is 0 Å². The molecule has 2 N–H and O–H groups in total. The van der Waals surface area contributed by atoms with E-state index in [9.17, 15) is 4.79 Å². The Bertz CT molecular complexity index is 892. The van der Waals surface area contributed by atoms with Gasteiger partial charge in [0.05, 0.1) is 24.2 Å². The van der Waals surface area contributed by atoms with E-state index in [-0.39, 0.29) is 5.97 Å².